The zero-order valence-electron chi connectivity index (χ0n) is 8.67. The minimum atomic E-state index is 0.605. The van der Waals surface area contributed by atoms with Gasteiger partial charge in [0.1, 0.15) is 0 Å². The number of fused-ring (bicyclic) bond motifs is 1. The highest BCUT2D eigenvalue weighted by Crippen LogP contribution is 2.25. The van der Waals surface area contributed by atoms with E-state index in [1.165, 1.54) is 5.56 Å². The number of aryl methyl sites for hydroxylation is 1. The predicted octanol–water partition coefficient (Wildman–Crippen LogP) is 1.85. The highest BCUT2D eigenvalue weighted by Gasteiger charge is 2.10. The van der Waals surface area contributed by atoms with E-state index in [0.29, 0.717) is 6.54 Å². The van der Waals surface area contributed by atoms with Gasteiger partial charge in [-0.1, -0.05) is 6.07 Å². The lowest BCUT2D eigenvalue weighted by Crippen LogP contribution is -2.03. The highest BCUT2D eigenvalue weighted by molar-refractivity contribution is 5.90. The molecule has 3 heteroatoms. The Balaban J connectivity index is 2.78. The van der Waals surface area contributed by atoms with Gasteiger partial charge in [0, 0.05) is 16.6 Å². The molecule has 76 valence electrons. The van der Waals surface area contributed by atoms with Gasteiger partial charge in [-0.2, -0.15) is 5.26 Å². The summed E-state index contributed by atoms with van der Waals surface area (Å²) in [6, 6.07) is 7.95. The van der Waals surface area contributed by atoms with Crippen LogP contribution < -0.4 is 5.73 Å². The molecule has 0 aliphatic carbocycles. The van der Waals surface area contributed by atoms with Crippen LogP contribution in [0.4, 0.5) is 0 Å². The van der Waals surface area contributed by atoms with Crippen LogP contribution in [0.25, 0.3) is 10.9 Å². The maximum absolute atomic E-state index is 9.04. The minimum Gasteiger partial charge on any atom is -0.358 e. The zero-order chi connectivity index (χ0) is 10.8. The number of H-pyrrole nitrogens is 1. The summed E-state index contributed by atoms with van der Waals surface area (Å²) in [6.45, 7) is 2.62. The number of nitriles is 1. The van der Waals surface area contributed by atoms with E-state index in [1.54, 1.807) is 0 Å². The molecule has 3 nitrogen and oxygen atoms in total. The Morgan fingerprint density at radius 1 is 1.47 bits per heavy atom. The Morgan fingerprint density at radius 3 is 2.93 bits per heavy atom. The number of aromatic amines is 1. The standard InChI is InChI=1S/C12H13N3/c1-8-10(5-6-13)12-9(7-14)3-2-4-11(12)15-8/h2-4,15H,5-6,13H2,1H3. The predicted molar refractivity (Wildman–Crippen MR) is 60.5 cm³/mol. The van der Waals surface area contributed by atoms with Gasteiger partial charge in [0.25, 0.3) is 0 Å². The molecule has 1 aromatic heterocycles. The molecular weight excluding hydrogens is 186 g/mol. The summed E-state index contributed by atoms with van der Waals surface area (Å²) in [6.07, 6.45) is 0.810. The van der Waals surface area contributed by atoms with E-state index in [-0.39, 0.29) is 0 Å². The Bertz CT molecular complexity index is 532. The first-order valence-corrected chi connectivity index (χ1v) is 4.98. The number of hydrogen-bond donors (Lipinski definition) is 2. The molecule has 0 atom stereocenters. The van der Waals surface area contributed by atoms with Crippen LogP contribution in [0.1, 0.15) is 16.8 Å². The lowest BCUT2D eigenvalue weighted by molar-refractivity contribution is 0.963. The molecule has 2 aromatic rings. The number of rotatable bonds is 2. The summed E-state index contributed by atoms with van der Waals surface area (Å²) in [5, 5.41) is 10.1. The van der Waals surface area contributed by atoms with Gasteiger partial charge in [-0.15, -0.1) is 0 Å². The molecule has 0 amide bonds. The minimum absolute atomic E-state index is 0.605. The second-order valence-corrected chi connectivity index (χ2v) is 3.61. The summed E-state index contributed by atoms with van der Waals surface area (Å²) in [5.41, 5.74) is 9.60. The molecule has 0 aliphatic rings. The molecule has 0 bridgehead atoms. The fourth-order valence-electron chi connectivity index (χ4n) is 2.00. The van der Waals surface area contributed by atoms with Crippen molar-refractivity contribution in [1.82, 2.24) is 4.98 Å². The molecule has 0 saturated carbocycles. The second kappa shape index (κ2) is 3.76. The quantitative estimate of drug-likeness (QED) is 0.775. The van der Waals surface area contributed by atoms with Gasteiger partial charge < -0.3 is 10.7 Å². The lowest BCUT2D eigenvalue weighted by atomic mass is 10.0. The van der Waals surface area contributed by atoms with Crippen LogP contribution in [-0.2, 0) is 6.42 Å². The molecule has 3 N–H and O–H groups in total. The van der Waals surface area contributed by atoms with Crippen LogP contribution in [0.3, 0.4) is 0 Å². The van der Waals surface area contributed by atoms with Gasteiger partial charge in [-0.3, -0.25) is 0 Å². The fraction of sp³-hybridized carbons (Fsp3) is 0.250. The third kappa shape index (κ3) is 1.49. The lowest BCUT2D eigenvalue weighted by Gasteiger charge is -1.99. The average Bonchev–Trinajstić information content (AvgIpc) is 2.56. The Kier molecular flexibility index (Phi) is 2.44. The fourth-order valence-corrected chi connectivity index (χ4v) is 2.00. The highest BCUT2D eigenvalue weighted by atomic mass is 14.7. The van der Waals surface area contributed by atoms with E-state index < -0.39 is 0 Å². The zero-order valence-corrected chi connectivity index (χ0v) is 8.67. The van der Waals surface area contributed by atoms with Gasteiger partial charge in [0.15, 0.2) is 0 Å². The molecule has 0 unspecified atom stereocenters. The molecule has 0 aliphatic heterocycles. The molecule has 1 aromatic carbocycles. The summed E-state index contributed by atoms with van der Waals surface area (Å²) >= 11 is 0. The average molecular weight is 199 g/mol. The number of nitrogens with zero attached hydrogens (tertiary/aromatic N) is 1. The van der Waals surface area contributed by atoms with Gasteiger partial charge in [-0.05, 0) is 37.6 Å². The summed E-state index contributed by atoms with van der Waals surface area (Å²) in [4.78, 5) is 3.28. The van der Waals surface area contributed by atoms with Crippen molar-refractivity contribution in [3.63, 3.8) is 0 Å². The van der Waals surface area contributed by atoms with Crippen LogP contribution in [0, 0.1) is 18.3 Å². The van der Waals surface area contributed by atoms with Crippen molar-refractivity contribution in [3.8, 4) is 6.07 Å². The molecule has 15 heavy (non-hydrogen) atoms. The first-order chi connectivity index (χ1) is 7.27. The summed E-state index contributed by atoms with van der Waals surface area (Å²) < 4.78 is 0. The number of hydrogen-bond acceptors (Lipinski definition) is 2. The van der Waals surface area contributed by atoms with Crippen molar-refractivity contribution >= 4 is 10.9 Å². The van der Waals surface area contributed by atoms with E-state index >= 15 is 0 Å². The number of aromatic nitrogens is 1. The van der Waals surface area contributed by atoms with Crippen molar-refractivity contribution in [3.05, 3.63) is 35.0 Å². The maximum Gasteiger partial charge on any atom is 0.0998 e. The molecule has 1 heterocycles. The van der Waals surface area contributed by atoms with Crippen LogP contribution in [0.2, 0.25) is 0 Å². The summed E-state index contributed by atoms with van der Waals surface area (Å²) in [7, 11) is 0. The van der Waals surface area contributed by atoms with E-state index in [9.17, 15) is 0 Å². The molecular formula is C12H13N3. The molecule has 2 rings (SSSR count). The third-order valence-corrected chi connectivity index (χ3v) is 2.66. The SMILES string of the molecule is Cc1[nH]c2cccc(C#N)c2c1CCN. The Labute approximate surface area is 88.5 Å². The van der Waals surface area contributed by atoms with Gasteiger partial charge in [0.05, 0.1) is 11.6 Å². The molecule has 0 spiro atoms. The smallest absolute Gasteiger partial charge is 0.0998 e. The van der Waals surface area contributed by atoms with Gasteiger partial charge in [0.2, 0.25) is 0 Å². The van der Waals surface area contributed by atoms with Crippen LogP contribution >= 0.6 is 0 Å². The van der Waals surface area contributed by atoms with Crippen LogP contribution in [-0.4, -0.2) is 11.5 Å². The maximum atomic E-state index is 9.04. The van der Waals surface area contributed by atoms with Crippen molar-refractivity contribution in [1.29, 1.82) is 5.26 Å². The monoisotopic (exact) mass is 199 g/mol. The van der Waals surface area contributed by atoms with Crippen LogP contribution in [0.5, 0.6) is 0 Å². The van der Waals surface area contributed by atoms with Crippen LogP contribution in [0.15, 0.2) is 18.2 Å². The largest absolute Gasteiger partial charge is 0.358 e. The second-order valence-electron chi connectivity index (χ2n) is 3.61. The van der Waals surface area contributed by atoms with Crippen molar-refractivity contribution < 1.29 is 0 Å². The molecule has 0 fully saturated rings. The first kappa shape index (κ1) is 9.75. The summed E-state index contributed by atoms with van der Waals surface area (Å²) in [5.74, 6) is 0. The first-order valence-electron chi connectivity index (χ1n) is 4.98. The van der Waals surface area contributed by atoms with Gasteiger partial charge in [-0.25, -0.2) is 0 Å². The third-order valence-electron chi connectivity index (χ3n) is 2.66. The van der Waals surface area contributed by atoms with Crippen molar-refractivity contribution in [2.75, 3.05) is 6.54 Å². The van der Waals surface area contributed by atoms with Crippen molar-refractivity contribution in [2.24, 2.45) is 5.73 Å². The van der Waals surface area contributed by atoms with E-state index in [2.05, 4.69) is 11.1 Å². The molecule has 0 radical (unpaired) electrons. The topological polar surface area (TPSA) is 65.6 Å². The van der Waals surface area contributed by atoms with Crippen molar-refractivity contribution in [2.45, 2.75) is 13.3 Å². The molecule has 0 saturated heterocycles. The van der Waals surface area contributed by atoms with Gasteiger partial charge >= 0.3 is 0 Å². The Morgan fingerprint density at radius 2 is 2.27 bits per heavy atom. The van der Waals surface area contributed by atoms with E-state index in [0.717, 1.165) is 28.6 Å². The normalized spacial score (nSPS) is 10.5. The van der Waals surface area contributed by atoms with E-state index in [1.807, 2.05) is 25.1 Å². The number of nitrogens with one attached hydrogen (secondary N) is 1. The van der Waals surface area contributed by atoms with E-state index in [4.69, 9.17) is 11.0 Å². The Hall–Kier alpha value is -1.79. The number of benzene rings is 1. The number of nitrogens with two attached hydrogens (primary N) is 1.